The van der Waals surface area contributed by atoms with Crippen LogP contribution in [0.5, 0.6) is 0 Å². The zero-order valence-corrected chi connectivity index (χ0v) is 8.68. The van der Waals surface area contributed by atoms with Gasteiger partial charge in [-0.25, -0.2) is 0 Å². The highest BCUT2D eigenvalue weighted by molar-refractivity contribution is 4.85. The Bertz CT molecular complexity index is 141. The van der Waals surface area contributed by atoms with Gasteiger partial charge in [0.25, 0.3) is 0 Å². The SMILES string of the molecule is COC(C)(C)CNC(C)C1CC1. The first kappa shape index (κ1) is 10.0. The molecule has 0 bridgehead atoms. The molecular formula is C10H21NO. The van der Waals surface area contributed by atoms with Crippen molar-refractivity contribution >= 4 is 0 Å². The highest BCUT2D eigenvalue weighted by Crippen LogP contribution is 2.32. The summed E-state index contributed by atoms with van der Waals surface area (Å²) in [4.78, 5) is 0. The lowest BCUT2D eigenvalue weighted by atomic mass is 10.1. The third-order valence-corrected chi connectivity index (χ3v) is 2.73. The summed E-state index contributed by atoms with van der Waals surface area (Å²) in [6, 6.07) is 0.666. The zero-order valence-electron chi connectivity index (χ0n) is 8.68. The molecule has 0 saturated heterocycles. The normalized spacial score (nSPS) is 21.0. The first-order valence-corrected chi connectivity index (χ1v) is 4.84. The van der Waals surface area contributed by atoms with Gasteiger partial charge in [0.2, 0.25) is 0 Å². The molecule has 0 spiro atoms. The Morgan fingerprint density at radius 2 is 2.08 bits per heavy atom. The number of nitrogens with one attached hydrogen (secondary N) is 1. The number of rotatable bonds is 5. The molecule has 1 aliphatic carbocycles. The molecule has 1 fully saturated rings. The number of hydrogen-bond donors (Lipinski definition) is 1. The minimum atomic E-state index is -0.0247. The van der Waals surface area contributed by atoms with Gasteiger partial charge in [-0.3, -0.25) is 0 Å². The molecule has 0 heterocycles. The maximum absolute atomic E-state index is 5.33. The third-order valence-electron chi connectivity index (χ3n) is 2.73. The van der Waals surface area contributed by atoms with Gasteiger partial charge < -0.3 is 10.1 Å². The Hall–Kier alpha value is -0.0800. The molecule has 72 valence electrons. The van der Waals surface area contributed by atoms with Gasteiger partial charge in [0, 0.05) is 19.7 Å². The lowest BCUT2D eigenvalue weighted by molar-refractivity contribution is 0.0209. The van der Waals surface area contributed by atoms with Crippen LogP contribution in [-0.2, 0) is 4.74 Å². The molecule has 0 aromatic carbocycles. The monoisotopic (exact) mass is 171 g/mol. The fourth-order valence-electron chi connectivity index (χ4n) is 1.24. The minimum absolute atomic E-state index is 0.0247. The Morgan fingerprint density at radius 3 is 2.50 bits per heavy atom. The Balaban J connectivity index is 2.14. The van der Waals surface area contributed by atoms with Crippen molar-refractivity contribution in [3.8, 4) is 0 Å². The minimum Gasteiger partial charge on any atom is -0.377 e. The molecule has 1 rings (SSSR count). The lowest BCUT2D eigenvalue weighted by Crippen LogP contribution is -2.41. The second kappa shape index (κ2) is 3.75. The van der Waals surface area contributed by atoms with E-state index in [1.165, 1.54) is 12.8 Å². The van der Waals surface area contributed by atoms with Gasteiger partial charge in [-0.1, -0.05) is 0 Å². The quantitative estimate of drug-likeness (QED) is 0.681. The summed E-state index contributed by atoms with van der Waals surface area (Å²) in [5, 5.41) is 3.51. The summed E-state index contributed by atoms with van der Waals surface area (Å²) in [5.74, 6) is 0.928. The fraction of sp³-hybridized carbons (Fsp3) is 1.00. The van der Waals surface area contributed by atoms with Crippen LogP contribution in [0.15, 0.2) is 0 Å². The van der Waals surface area contributed by atoms with Crippen LogP contribution in [0.4, 0.5) is 0 Å². The lowest BCUT2D eigenvalue weighted by Gasteiger charge is -2.25. The molecule has 0 aromatic rings. The average Bonchev–Trinajstić information content (AvgIpc) is 2.83. The van der Waals surface area contributed by atoms with E-state index >= 15 is 0 Å². The molecule has 1 saturated carbocycles. The van der Waals surface area contributed by atoms with E-state index in [0.29, 0.717) is 6.04 Å². The Labute approximate surface area is 75.7 Å². The van der Waals surface area contributed by atoms with Crippen LogP contribution in [0.25, 0.3) is 0 Å². The van der Waals surface area contributed by atoms with Crippen molar-refractivity contribution in [3.63, 3.8) is 0 Å². The van der Waals surface area contributed by atoms with E-state index < -0.39 is 0 Å². The molecule has 1 atom stereocenters. The van der Waals surface area contributed by atoms with Crippen LogP contribution >= 0.6 is 0 Å². The average molecular weight is 171 g/mol. The maximum Gasteiger partial charge on any atom is 0.0746 e. The Kier molecular flexibility index (Phi) is 3.13. The highest BCUT2D eigenvalue weighted by Gasteiger charge is 2.28. The Morgan fingerprint density at radius 1 is 1.50 bits per heavy atom. The second-order valence-electron chi connectivity index (χ2n) is 4.47. The van der Waals surface area contributed by atoms with Crippen molar-refractivity contribution in [3.05, 3.63) is 0 Å². The smallest absolute Gasteiger partial charge is 0.0746 e. The largest absolute Gasteiger partial charge is 0.377 e. The molecule has 2 heteroatoms. The van der Waals surface area contributed by atoms with E-state index in [9.17, 15) is 0 Å². The van der Waals surface area contributed by atoms with E-state index in [1.807, 2.05) is 0 Å². The van der Waals surface area contributed by atoms with Gasteiger partial charge in [-0.2, -0.15) is 0 Å². The van der Waals surface area contributed by atoms with E-state index in [1.54, 1.807) is 7.11 Å². The summed E-state index contributed by atoms with van der Waals surface area (Å²) in [7, 11) is 1.77. The summed E-state index contributed by atoms with van der Waals surface area (Å²) >= 11 is 0. The van der Waals surface area contributed by atoms with Gasteiger partial charge >= 0.3 is 0 Å². The number of methoxy groups -OCH3 is 1. The molecule has 1 unspecified atom stereocenters. The standard InChI is InChI=1S/C10H21NO/c1-8(9-5-6-9)11-7-10(2,3)12-4/h8-9,11H,5-7H2,1-4H3. The molecule has 0 aliphatic heterocycles. The van der Waals surface area contributed by atoms with E-state index in [2.05, 4.69) is 26.1 Å². The van der Waals surface area contributed by atoms with E-state index in [-0.39, 0.29) is 5.60 Å². The predicted molar refractivity (Wildman–Crippen MR) is 51.3 cm³/mol. The topological polar surface area (TPSA) is 21.3 Å². The van der Waals surface area contributed by atoms with Crippen molar-refractivity contribution in [1.29, 1.82) is 0 Å². The molecule has 0 aromatic heterocycles. The third kappa shape index (κ3) is 3.11. The van der Waals surface area contributed by atoms with Crippen molar-refractivity contribution in [1.82, 2.24) is 5.32 Å². The summed E-state index contributed by atoms with van der Waals surface area (Å²) < 4.78 is 5.33. The van der Waals surface area contributed by atoms with Gasteiger partial charge in [0.1, 0.15) is 0 Å². The van der Waals surface area contributed by atoms with Gasteiger partial charge in [0.05, 0.1) is 5.60 Å². The molecule has 12 heavy (non-hydrogen) atoms. The van der Waals surface area contributed by atoms with Crippen LogP contribution in [0.1, 0.15) is 33.6 Å². The van der Waals surface area contributed by atoms with E-state index in [0.717, 1.165) is 12.5 Å². The maximum atomic E-state index is 5.33. The molecule has 1 N–H and O–H groups in total. The van der Waals surface area contributed by atoms with Gasteiger partial charge in [0.15, 0.2) is 0 Å². The molecule has 0 amide bonds. The number of hydrogen-bond acceptors (Lipinski definition) is 2. The predicted octanol–water partition coefficient (Wildman–Crippen LogP) is 1.80. The zero-order chi connectivity index (χ0) is 9.19. The highest BCUT2D eigenvalue weighted by atomic mass is 16.5. The van der Waals surface area contributed by atoms with Crippen molar-refractivity contribution in [2.75, 3.05) is 13.7 Å². The van der Waals surface area contributed by atoms with Crippen molar-refractivity contribution in [2.24, 2.45) is 5.92 Å². The van der Waals surface area contributed by atoms with Crippen LogP contribution in [-0.4, -0.2) is 25.3 Å². The summed E-state index contributed by atoms with van der Waals surface area (Å²) in [6.07, 6.45) is 2.81. The van der Waals surface area contributed by atoms with Crippen LogP contribution in [0, 0.1) is 5.92 Å². The van der Waals surface area contributed by atoms with Crippen LogP contribution in [0.3, 0.4) is 0 Å². The molecular weight excluding hydrogens is 150 g/mol. The van der Waals surface area contributed by atoms with Gasteiger partial charge in [-0.05, 0) is 39.5 Å². The van der Waals surface area contributed by atoms with Crippen LogP contribution in [0.2, 0.25) is 0 Å². The second-order valence-corrected chi connectivity index (χ2v) is 4.47. The number of ether oxygens (including phenoxy) is 1. The van der Waals surface area contributed by atoms with Gasteiger partial charge in [-0.15, -0.1) is 0 Å². The van der Waals surface area contributed by atoms with E-state index in [4.69, 9.17) is 4.74 Å². The fourth-order valence-corrected chi connectivity index (χ4v) is 1.24. The first-order valence-electron chi connectivity index (χ1n) is 4.84. The first-order chi connectivity index (χ1) is 5.55. The summed E-state index contributed by atoms with van der Waals surface area (Å²) in [5.41, 5.74) is -0.0247. The van der Waals surface area contributed by atoms with Crippen LogP contribution < -0.4 is 5.32 Å². The molecule has 1 aliphatic rings. The summed E-state index contributed by atoms with van der Waals surface area (Å²) in [6.45, 7) is 7.43. The molecule has 2 nitrogen and oxygen atoms in total. The van der Waals surface area contributed by atoms with Crippen molar-refractivity contribution < 1.29 is 4.74 Å². The van der Waals surface area contributed by atoms with Crippen molar-refractivity contribution in [2.45, 2.75) is 45.3 Å². The molecule has 0 radical (unpaired) electrons.